The SMILES string of the molecule is CC(c1ccccc1)N(C)C(=O)CN(C)CCCOc1cccc(S(C)(=O)=O)c1. The molecule has 158 valence electrons. The van der Waals surface area contributed by atoms with Crippen LogP contribution in [0.3, 0.4) is 0 Å². The topological polar surface area (TPSA) is 66.9 Å². The van der Waals surface area contributed by atoms with Crippen molar-refractivity contribution >= 4 is 15.7 Å². The molecule has 0 radical (unpaired) electrons. The van der Waals surface area contributed by atoms with Crippen LogP contribution in [0.15, 0.2) is 59.5 Å². The number of benzene rings is 2. The number of likely N-dealkylation sites (N-methyl/N-ethyl adjacent to an activating group) is 2. The van der Waals surface area contributed by atoms with E-state index >= 15 is 0 Å². The monoisotopic (exact) mass is 418 g/mol. The Labute approximate surface area is 174 Å². The third-order valence-electron chi connectivity index (χ3n) is 4.85. The van der Waals surface area contributed by atoms with Gasteiger partial charge >= 0.3 is 0 Å². The van der Waals surface area contributed by atoms with Crippen LogP contribution in [0.5, 0.6) is 5.75 Å². The van der Waals surface area contributed by atoms with Crippen LogP contribution < -0.4 is 4.74 Å². The molecule has 0 saturated carbocycles. The highest BCUT2D eigenvalue weighted by atomic mass is 32.2. The van der Waals surface area contributed by atoms with Crippen LogP contribution >= 0.6 is 0 Å². The van der Waals surface area contributed by atoms with E-state index in [2.05, 4.69) is 0 Å². The van der Waals surface area contributed by atoms with Crippen LogP contribution in [0.4, 0.5) is 0 Å². The third-order valence-corrected chi connectivity index (χ3v) is 5.96. The quantitative estimate of drug-likeness (QED) is 0.555. The zero-order chi connectivity index (χ0) is 21.4. The van der Waals surface area contributed by atoms with Crippen molar-refractivity contribution in [3.8, 4) is 5.75 Å². The summed E-state index contributed by atoms with van der Waals surface area (Å²) < 4.78 is 28.9. The Morgan fingerprint density at radius 1 is 1.07 bits per heavy atom. The Morgan fingerprint density at radius 3 is 2.41 bits per heavy atom. The molecular formula is C22H30N2O4S. The number of ether oxygens (including phenoxy) is 1. The van der Waals surface area contributed by atoms with E-state index in [4.69, 9.17) is 4.74 Å². The van der Waals surface area contributed by atoms with Crippen LogP contribution in [-0.4, -0.2) is 64.2 Å². The van der Waals surface area contributed by atoms with Crippen molar-refractivity contribution in [2.45, 2.75) is 24.3 Å². The number of rotatable bonds is 10. The van der Waals surface area contributed by atoms with E-state index in [0.29, 0.717) is 25.4 Å². The maximum atomic E-state index is 12.5. The molecule has 0 fully saturated rings. The molecule has 0 saturated heterocycles. The highest BCUT2D eigenvalue weighted by molar-refractivity contribution is 7.90. The van der Waals surface area contributed by atoms with Gasteiger partial charge in [-0.1, -0.05) is 36.4 Å². The molecule has 0 spiro atoms. The summed E-state index contributed by atoms with van der Waals surface area (Å²) in [5, 5.41) is 0. The second-order valence-electron chi connectivity index (χ2n) is 7.28. The number of hydrogen-bond donors (Lipinski definition) is 0. The fourth-order valence-corrected chi connectivity index (χ4v) is 3.57. The minimum absolute atomic E-state index is 0.0163. The Hall–Kier alpha value is -2.38. The van der Waals surface area contributed by atoms with Crippen molar-refractivity contribution in [1.29, 1.82) is 0 Å². The van der Waals surface area contributed by atoms with Gasteiger partial charge < -0.3 is 9.64 Å². The summed E-state index contributed by atoms with van der Waals surface area (Å²) in [5.41, 5.74) is 1.11. The number of sulfone groups is 1. The normalized spacial score (nSPS) is 12.6. The molecule has 0 aliphatic carbocycles. The molecule has 0 aromatic heterocycles. The van der Waals surface area contributed by atoms with Gasteiger partial charge in [-0.2, -0.15) is 0 Å². The summed E-state index contributed by atoms with van der Waals surface area (Å²) in [6.45, 7) is 3.50. The molecule has 0 aliphatic heterocycles. The molecule has 1 amide bonds. The molecule has 0 bridgehead atoms. The van der Waals surface area contributed by atoms with Crippen LogP contribution in [0.25, 0.3) is 0 Å². The molecule has 0 N–H and O–H groups in total. The average Bonchev–Trinajstić information content (AvgIpc) is 2.70. The second-order valence-corrected chi connectivity index (χ2v) is 9.29. The third kappa shape index (κ3) is 7.18. The second kappa shape index (κ2) is 10.4. The molecule has 1 unspecified atom stereocenters. The summed E-state index contributed by atoms with van der Waals surface area (Å²) in [5.74, 6) is 0.591. The van der Waals surface area contributed by atoms with E-state index in [1.54, 1.807) is 23.1 Å². The number of carbonyl (C=O) groups is 1. The molecule has 1 atom stereocenters. The molecule has 2 aromatic carbocycles. The van der Waals surface area contributed by atoms with Crippen LogP contribution in [0.1, 0.15) is 24.9 Å². The molecule has 2 rings (SSSR count). The lowest BCUT2D eigenvalue weighted by atomic mass is 10.1. The van der Waals surface area contributed by atoms with E-state index in [9.17, 15) is 13.2 Å². The summed E-state index contributed by atoms with van der Waals surface area (Å²) in [4.78, 5) is 16.5. The van der Waals surface area contributed by atoms with E-state index in [1.165, 1.54) is 12.3 Å². The van der Waals surface area contributed by atoms with Gasteiger partial charge in [-0.3, -0.25) is 9.69 Å². The number of hydrogen-bond acceptors (Lipinski definition) is 5. The van der Waals surface area contributed by atoms with Gasteiger partial charge in [-0.25, -0.2) is 8.42 Å². The maximum Gasteiger partial charge on any atom is 0.236 e. The molecule has 0 heterocycles. The largest absolute Gasteiger partial charge is 0.494 e. The molecule has 0 aliphatic rings. The molecule has 2 aromatic rings. The van der Waals surface area contributed by atoms with Crippen molar-refractivity contribution in [1.82, 2.24) is 9.80 Å². The van der Waals surface area contributed by atoms with Crippen molar-refractivity contribution in [2.75, 3.05) is 40.0 Å². The number of amides is 1. The zero-order valence-electron chi connectivity index (χ0n) is 17.5. The fraction of sp³-hybridized carbons (Fsp3) is 0.409. The fourth-order valence-electron chi connectivity index (χ4n) is 2.91. The minimum atomic E-state index is -3.25. The smallest absolute Gasteiger partial charge is 0.236 e. The van der Waals surface area contributed by atoms with Crippen molar-refractivity contribution in [3.63, 3.8) is 0 Å². The maximum absolute atomic E-state index is 12.5. The first-order valence-electron chi connectivity index (χ1n) is 9.60. The average molecular weight is 419 g/mol. The van der Waals surface area contributed by atoms with Gasteiger partial charge in [-0.15, -0.1) is 0 Å². The van der Waals surface area contributed by atoms with Crippen LogP contribution in [0.2, 0.25) is 0 Å². The first-order chi connectivity index (χ1) is 13.7. The van der Waals surface area contributed by atoms with E-state index in [0.717, 1.165) is 12.0 Å². The van der Waals surface area contributed by atoms with Gasteiger partial charge in [-0.05, 0) is 44.2 Å². The highest BCUT2D eigenvalue weighted by Crippen LogP contribution is 2.19. The Bertz CT molecular complexity index is 900. The Kier molecular flexibility index (Phi) is 8.22. The van der Waals surface area contributed by atoms with Gasteiger partial charge in [0, 0.05) is 19.8 Å². The van der Waals surface area contributed by atoms with E-state index in [1.807, 2.05) is 56.3 Å². The number of nitrogens with zero attached hydrogens (tertiary/aromatic N) is 2. The Balaban J connectivity index is 1.75. The zero-order valence-corrected chi connectivity index (χ0v) is 18.4. The standard InChI is InChI=1S/C22H30N2O4S/c1-18(19-10-6-5-7-11-19)24(3)22(25)17-23(2)14-9-15-28-20-12-8-13-21(16-20)29(4,26)27/h5-8,10-13,16,18H,9,14-15,17H2,1-4H3. The summed E-state index contributed by atoms with van der Waals surface area (Å²) >= 11 is 0. The summed E-state index contributed by atoms with van der Waals surface area (Å²) in [7, 11) is 0.482. The van der Waals surface area contributed by atoms with Crippen molar-refractivity contribution in [3.05, 3.63) is 60.2 Å². The first kappa shape index (κ1) is 22.9. The van der Waals surface area contributed by atoms with E-state index in [-0.39, 0.29) is 16.8 Å². The highest BCUT2D eigenvalue weighted by Gasteiger charge is 2.18. The van der Waals surface area contributed by atoms with Crippen LogP contribution in [0, 0.1) is 0 Å². The van der Waals surface area contributed by atoms with Crippen molar-refractivity contribution in [2.24, 2.45) is 0 Å². The molecule has 29 heavy (non-hydrogen) atoms. The molecule has 7 heteroatoms. The van der Waals surface area contributed by atoms with E-state index < -0.39 is 9.84 Å². The van der Waals surface area contributed by atoms with Gasteiger partial charge in [0.1, 0.15) is 5.75 Å². The predicted molar refractivity (Wildman–Crippen MR) is 115 cm³/mol. The molecular weight excluding hydrogens is 388 g/mol. The first-order valence-corrected chi connectivity index (χ1v) is 11.5. The lowest BCUT2D eigenvalue weighted by Crippen LogP contribution is -2.38. The van der Waals surface area contributed by atoms with Crippen molar-refractivity contribution < 1.29 is 17.9 Å². The van der Waals surface area contributed by atoms with Gasteiger partial charge in [0.15, 0.2) is 9.84 Å². The molecule has 6 nitrogen and oxygen atoms in total. The minimum Gasteiger partial charge on any atom is -0.494 e. The lowest BCUT2D eigenvalue weighted by molar-refractivity contribution is -0.132. The van der Waals surface area contributed by atoms with Gasteiger partial charge in [0.25, 0.3) is 0 Å². The van der Waals surface area contributed by atoms with Crippen LogP contribution in [-0.2, 0) is 14.6 Å². The number of carbonyl (C=O) groups excluding carboxylic acids is 1. The predicted octanol–water partition coefficient (Wildman–Crippen LogP) is 3.01. The Morgan fingerprint density at radius 2 is 1.76 bits per heavy atom. The van der Waals surface area contributed by atoms with Gasteiger partial charge in [0.05, 0.1) is 24.1 Å². The summed E-state index contributed by atoms with van der Waals surface area (Å²) in [6.07, 6.45) is 1.90. The summed E-state index contributed by atoms with van der Waals surface area (Å²) in [6, 6.07) is 16.5. The van der Waals surface area contributed by atoms with Gasteiger partial charge in [0.2, 0.25) is 5.91 Å². The lowest BCUT2D eigenvalue weighted by Gasteiger charge is -2.27.